The van der Waals surface area contributed by atoms with Gasteiger partial charge in [0.15, 0.2) is 0 Å². The lowest BCUT2D eigenvalue weighted by Gasteiger charge is -2.55. The smallest absolute Gasteiger partial charge is 0.303 e. The molecule has 192 valence electrons. The van der Waals surface area contributed by atoms with E-state index in [2.05, 4.69) is 22.8 Å². The summed E-state index contributed by atoms with van der Waals surface area (Å²) in [6.07, 6.45) is 7.69. The lowest BCUT2D eigenvalue weighted by atomic mass is 9.64. The van der Waals surface area contributed by atoms with Crippen molar-refractivity contribution in [3.63, 3.8) is 0 Å². The number of rotatable bonds is 6. The van der Waals surface area contributed by atoms with Crippen LogP contribution < -0.4 is 4.74 Å². The molecule has 1 aromatic carbocycles. The SMILES string of the molecule is C[C@]1(CCC(=O)O)Oc2ccccc2[C@@H]2OC[C@]3(CCCN(C(=O)CCN4CCCCC4)C3)C[C@H]21. The molecule has 4 aliphatic rings. The van der Waals surface area contributed by atoms with Gasteiger partial charge in [-0.3, -0.25) is 9.59 Å². The lowest BCUT2D eigenvalue weighted by molar-refractivity contribution is -0.185. The molecule has 5 rings (SSSR count). The molecule has 0 radical (unpaired) electrons. The molecule has 3 saturated heterocycles. The van der Waals surface area contributed by atoms with E-state index in [0.717, 1.165) is 63.3 Å². The van der Waals surface area contributed by atoms with Gasteiger partial charge in [0.2, 0.25) is 5.91 Å². The van der Waals surface area contributed by atoms with E-state index in [-0.39, 0.29) is 29.8 Å². The Morgan fingerprint density at radius 1 is 1.09 bits per heavy atom. The second-order valence-electron chi connectivity index (χ2n) is 11.5. The number of carboxylic acid groups (broad SMARTS) is 1. The zero-order chi connectivity index (χ0) is 24.5. The first-order valence-corrected chi connectivity index (χ1v) is 13.5. The fourth-order valence-electron chi connectivity index (χ4n) is 6.88. The molecule has 35 heavy (non-hydrogen) atoms. The first kappa shape index (κ1) is 24.6. The van der Waals surface area contributed by atoms with Crippen LogP contribution in [0, 0.1) is 11.3 Å². The Labute approximate surface area is 208 Å². The lowest BCUT2D eigenvalue weighted by Crippen LogP contribution is -2.57. The van der Waals surface area contributed by atoms with Crippen molar-refractivity contribution in [2.45, 2.75) is 76.4 Å². The van der Waals surface area contributed by atoms with E-state index in [0.29, 0.717) is 19.4 Å². The third kappa shape index (κ3) is 5.21. The van der Waals surface area contributed by atoms with Gasteiger partial charge < -0.3 is 24.4 Å². The maximum absolute atomic E-state index is 13.2. The van der Waals surface area contributed by atoms with E-state index in [4.69, 9.17) is 9.47 Å². The van der Waals surface area contributed by atoms with Crippen molar-refractivity contribution >= 4 is 11.9 Å². The van der Waals surface area contributed by atoms with E-state index in [9.17, 15) is 14.7 Å². The summed E-state index contributed by atoms with van der Waals surface area (Å²) in [5, 5.41) is 9.40. The van der Waals surface area contributed by atoms with Crippen LogP contribution in [0.4, 0.5) is 0 Å². The molecule has 0 unspecified atom stereocenters. The summed E-state index contributed by atoms with van der Waals surface area (Å²) < 4.78 is 13.1. The Morgan fingerprint density at radius 3 is 2.69 bits per heavy atom. The number of fused-ring (bicyclic) bond motifs is 3. The molecule has 0 aliphatic carbocycles. The molecule has 1 spiro atoms. The number of para-hydroxylation sites is 1. The summed E-state index contributed by atoms with van der Waals surface area (Å²) >= 11 is 0. The summed E-state index contributed by atoms with van der Waals surface area (Å²) in [5.74, 6) is 0.306. The Bertz CT molecular complexity index is 932. The molecule has 4 aliphatic heterocycles. The highest BCUT2D eigenvalue weighted by molar-refractivity contribution is 5.76. The topological polar surface area (TPSA) is 79.3 Å². The minimum absolute atomic E-state index is 0.0499. The number of ether oxygens (including phenoxy) is 2. The third-order valence-electron chi connectivity index (χ3n) is 8.88. The van der Waals surface area contributed by atoms with Crippen molar-refractivity contribution in [1.82, 2.24) is 9.80 Å². The van der Waals surface area contributed by atoms with E-state index < -0.39 is 11.6 Å². The van der Waals surface area contributed by atoms with Gasteiger partial charge in [-0.15, -0.1) is 0 Å². The number of benzene rings is 1. The van der Waals surface area contributed by atoms with Gasteiger partial charge in [-0.2, -0.15) is 0 Å². The van der Waals surface area contributed by atoms with Crippen LogP contribution in [0.3, 0.4) is 0 Å². The largest absolute Gasteiger partial charge is 0.487 e. The number of likely N-dealkylation sites (tertiary alicyclic amines) is 2. The Morgan fingerprint density at radius 2 is 1.89 bits per heavy atom. The second kappa shape index (κ2) is 10.1. The molecule has 1 aromatic rings. The fourth-order valence-corrected chi connectivity index (χ4v) is 6.88. The molecule has 4 atom stereocenters. The van der Waals surface area contributed by atoms with Crippen LogP contribution in [-0.4, -0.2) is 71.7 Å². The Kier molecular flexibility index (Phi) is 7.09. The number of carbonyl (C=O) groups is 2. The summed E-state index contributed by atoms with van der Waals surface area (Å²) in [6, 6.07) is 7.99. The second-order valence-corrected chi connectivity index (χ2v) is 11.5. The van der Waals surface area contributed by atoms with E-state index in [1.165, 1.54) is 19.3 Å². The first-order chi connectivity index (χ1) is 16.9. The minimum atomic E-state index is -0.806. The summed E-state index contributed by atoms with van der Waals surface area (Å²) in [7, 11) is 0. The van der Waals surface area contributed by atoms with Gasteiger partial charge in [0, 0.05) is 49.4 Å². The third-order valence-corrected chi connectivity index (χ3v) is 8.88. The van der Waals surface area contributed by atoms with Gasteiger partial charge in [0.25, 0.3) is 0 Å². The predicted octanol–water partition coefficient (Wildman–Crippen LogP) is 4.26. The van der Waals surface area contributed by atoms with Crippen LogP contribution in [0.5, 0.6) is 5.75 Å². The van der Waals surface area contributed by atoms with Gasteiger partial charge >= 0.3 is 5.97 Å². The molecule has 7 nitrogen and oxygen atoms in total. The van der Waals surface area contributed by atoms with Crippen LogP contribution in [0.15, 0.2) is 24.3 Å². The minimum Gasteiger partial charge on any atom is -0.487 e. The predicted molar refractivity (Wildman–Crippen MR) is 132 cm³/mol. The molecule has 0 aromatic heterocycles. The normalized spacial score (nSPS) is 33.0. The van der Waals surface area contributed by atoms with Crippen LogP contribution >= 0.6 is 0 Å². The Balaban J connectivity index is 1.30. The average molecular weight is 485 g/mol. The summed E-state index contributed by atoms with van der Waals surface area (Å²) in [4.78, 5) is 29.1. The van der Waals surface area contributed by atoms with Crippen molar-refractivity contribution in [3.8, 4) is 5.75 Å². The first-order valence-electron chi connectivity index (χ1n) is 13.5. The van der Waals surface area contributed by atoms with E-state index >= 15 is 0 Å². The summed E-state index contributed by atoms with van der Waals surface area (Å²) in [6.45, 7) is 7.33. The standard InChI is InChI=1S/C28H40N2O5/c1-27(13-10-25(32)33)22-18-28(20-34-26(22)21-8-3-4-9-23(21)35-27)12-7-16-30(19-28)24(31)11-17-29-14-5-2-6-15-29/h3-4,8-9,22,26H,2,5-7,10-20H2,1H3,(H,32,33)/t22-,26+,27-,28-/m1/s1. The zero-order valence-corrected chi connectivity index (χ0v) is 21.0. The summed E-state index contributed by atoms with van der Waals surface area (Å²) in [5.41, 5.74) is 0.344. The number of piperidine rings is 2. The molecule has 7 heteroatoms. The number of aliphatic carboxylic acids is 1. The van der Waals surface area contributed by atoms with E-state index in [1.54, 1.807) is 0 Å². The van der Waals surface area contributed by atoms with Crippen molar-refractivity contribution in [2.75, 3.05) is 39.3 Å². The van der Waals surface area contributed by atoms with Crippen molar-refractivity contribution in [2.24, 2.45) is 11.3 Å². The molecule has 1 N–H and O–H groups in total. The highest BCUT2D eigenvalue weighted by atomic mass is 16.5. The van der Waals surface area contributed by atoms with Gasteiger partial charge in [0.1, 0.15) is 11.4 Å². The number of carbonyl (C=O) groups excluding carboxylic acids is 1. The van der Waals surface area contributed by atoms with E-state index in [1.807, 2.05) is 18.2 Å². The van der Waals surface area contributed by atoms with Crippen LogP contribution in [0.25, 0.3) is 0 Å². The van der Waals surface area contributed by atoms with Crippen LogP contribution in [-0.2, 0) is 14.3 Å². The molecule has 1 amide bonds. The van der Waals surface area contributed by atoms with Crippen LogP contribution in [0.2, 0.25) is 0 Å². The van der Waals surface area contributed by atoms with Crippen molar-refractivity contribution in [1.29, 1.82) is 0 Å². The number of nitrogens with zero attached hydrogens (tertiary/aromatic N) is 2. The van der Waals surface area contributed by atoms with Crippen LogP contribution in [0.1, 0.15) is 76.4 Å². The van der Waals surface area contributed by atoms with Crippen molar-refractivity contribution in [3.05, 3.63) is 29.8 Å². The van der Waals surface area contributed by atoms with Gasteiger partial charge in [-0.25, -0.2) is 0 Å². The van der Waals surface area contributed by atoms with Gasteiger partial charge in [0.05, 0.1) is 12.7 Å². The fraction of sp³-hybridized carbons (Fsp3) is 0.714. The highest BCUT2D eigenvalue weighted by Crippen LogP contribution is 2.56. The highest BCUT2D eigenvalue weighted by Gasteiger charge is 2.54. The monoisotopic (exact) mass is 484 g/mol. The number of hydrogen-bond acceptors (Lipinski definition) is 5. The molecule has 3 fully saturated rings. The zero-order valence-electron chi connectivity index (χ0n) is 21.0. The molecular weight excluding hydrogens is 444 g/mol. The quantitative estimate of drug-likeness (QED) is 0.650. The van der Waals surface area contributed by atoms with Gasteiger partial charge in [-0.05, 0) is 64.6 Å². The number of hydrogen-bond donors (Lipinski definition) is 1. The number of carboxylic acids is 1. The maximum Gasteiger partial charge on any atom is 0.303 e. The molecule has 4 heterocycles. The number of amides is 1. The maximum atomic E-state index is 13.2. The molecule has 0 bridgehead atoms. The molecule has 0 saturated carbocycles. The van der Waals surface area contributed by atoms with Gasteiger partial charge in [-0.1, -0.05) is 24.6 Å². The average Bonchev–Trinajstić information content (AvgIpc) is 2.87. The van der Waals surface area contributed by atoms with Crippen molar-refractivity contribution < 1.29 is 24.2 Å². The Hall–Kier alpha value is -2.12. The molecular formula is C28H40N2O5.